The normalized spacial score (nSPS) is 11.9. The minimum Gasteiger partial charge on any atom is -0.319 e. The van der Waals surface area contributed by atoms with E-state index in [0.717, 1.165) is 17.3 Å². The van der Waals surface area contributed by atoms with Gasteiger partial charge in [-0.15, -0.1) is 0 Å². The summed E-state index contributed by atoms with van der Waals surface area (Å²) in [6.45, 7) is 5.88. The van der Waals surface area contributed by atoms with Gasteiger partial charge in [-0.05, 0) is 48.8 Å². The Morgan fingerprint density at radius 3 is 2.52 bits per heavy atom. The average molecular weight is 522 g/mol. The van der Waals surface area contributed by atoms with Gasteiger partial charge < -0.3 is 5.32 Å². The molecule has 1 amide bonds. The molecule has 0 bridgehead atoms. The largest absolute Gasteiger partial charge is 0.433 e. The molecule has 0 radical (unpaired) electrons. The van der Waals surface area contributed by atoms with E-state index in [-0.39, 0.29) is 16.6 Å². The molecule has 1 N–H and O–H groups in total. The van der Waals surface area contributed by atoms with Crippen molar-refractivity contribution in [3.8, 4) is 0 Å². The number of hydrogen-bond acceptors (Lipinski definition) is 5. The molecule has 0 unspecified atom stereocenters. The van der Waals surface area contributed by atoms with Crippen LogP contribution in [0.15, 0.2) is 29.0 Å². The summed E-state index contributed by atoms with van der Waals surface area (Å²) in [5.74, 6) is -0.712. The van der Waals surface area contributed by atoms with Crippen LogP contribution in [-0.2, 0) is 19.8 Å². The summed E-state index contributed by atoms with van der Waals surface area (Å²) < 4.78 is 44.1. The Balaban J connectivity index is 1.72. The summed E-state index contributed by atoms with van der Waals surface area (Å²) in [5, 5.41) is 11.6. The molecule has 12 heteroatoms. The Bertz CT molecular complexity index is 1390. The molecule has 0 fully saturated rings. The summed E-state index contributed by atoms with van der Waals surface area (Å²) >= 11 is 3.24. The highest BCUT2D eigenvalue weighted by Crippen LogP contribution is 2.32. The van der Waals surface area contributed by atoms with E-state index in [0.29, 0.717) is 28.1 Å². The number of alkyl halides is 3. The van der Waals surface area contributed by atoms with Crippen LogP contribution in [-0.4, -0.2) is 35.4 Å². The van der Waals surface area contributed by atoms with E-state index in [9.17, 15) is 18.0 Å². The van der Waals surface area contributed by atoms with Gasteiger partial charge in [-0.1, -0.05) is 0 Å². The number of hydrogen-bond donors (Lipinski definition) is 1. The van der Waals surface area contributed by atoms with E-state index in [1.165, 1.54) is 12.3 Å². The van der Waals surface area contributed by atoms with E-state index in [1.807, 2.05) is 14.0 Å². The van der Waals surface area contributed by atoms with Crippen molar-refractivity contribution in [3.05, 3.63) is 62.9 Å². The first-order valence-corrected chi connectivity index (χ1v) is 10.6. The maximum absolute atomic E-state index is 13.4. The number of fused-ring (bicyclic) bond motifs is 1. The Morgan fingerprint density at radius 1 is 1.15 bits per heavy atom. The number of nitrogens with zero attached hydrogens (tertiary/aromatic N) is 6. The van der Waals surface area contributed by atoms with Gasteiger partial charge in [0.05, 0.1) is 35.4 Å². The van der Waals surface area contributed by atoms with E-state index in [2.05, 4.69) is 41.4 Å². The van der Waals surface area contributed by atoms with Crippen molar-refractivity contribution in [2.24, 2.45) is 7.05 Å². The highest BCUT2D eigenvalue weighted by Gasteiger charge is 2.34. The topological polar surface area (TPSA) is 90.5 Å². The van der Waals surface area contributed by atoms with Gasteiger partial charge in [0.15, 0.2) is 5.65 Å². The lowest BCUT2D eigenvalue weighted by Gasteiger charge is -2.12. The molecule has 0 aliphatic rings. The monoisotopic (exact) mass is 521 g/mol. The van der Waals surface area contributed by atoms with E-state index < -0.39 is 17.8 Å². The number of carbonyl (C=O) groups excluding carboxylic acids is 1. The van der Waals surface area contributed by atoms with Crippen LogP contribution in [0.2, 0.25) is 0 Å². The molecule has 172 valence electrons. The second-order valence-corrected chi connectivity index (χ2v) is 8.53. The molecule has 0 saturated carbocycles. The number of anilines is 1. The minimum atomic E-state index is -4.73. The van der Waals surface area contributed by atoms with Crippen LogP contribution < -0.4 is 5.32 Å². The fourth-order valence-corrected chi connectivity index (χ4v) is 3.82. The van der Waals surface area contributed by atoms with Crippen molar-refractivity contribution in [2.75, 3.05) is 5.32 Å². The number of pyridine rings is 2. The molecule has 0 saturated heterocycles. The van der Waals surface area contributed by atoms with Gasteiger partial charge in [0.25, 0.3) is 5.91 Å². The van der Waals surface area contributed by atoms with E-state index >= 15 is 0 Å². The molecule has 0 aliphatic heterocycles. The molecule has 33 heavy (non-hydrogen) atoms. The summed E-state index contributed by atoms with van der Waals surface area (Å²) in [6.07, 6.45) is -1.65. The summed E-state index contributed by atoms with van der Waals surface area (Å²) in [6, 6.07) is 2.25. The molecule has 0 aliphatic carbocycles. The third kappa shape index (κ3) is 4.34. The summed E-state index contributed by atoms with van der Waals surface area (Å²) in [7, 11) is 1.84. The van der Waals surface area contributed by atoms with Gasteiger partial charge in [0.1, 0.15) is 5.69 Å². The van der Waals surface area contributed by atoms with Crippen LogP contribution in [0.25, 0.3) is 11.0 Å². The predicted octanol–water partition coefficient (Wildman–Crippen LogP) is 4.57. The number of nitrogens with one attached hydrogen (secondary N) is 1. The third-order valence-corrected chi connectivity index (χ3v) is 5.88. The zero-order valence-corrected chi connectivity index (χ0v) is 19.7. The molecule has 4 aromatic heterocycles. The lowest BCUT2D eigenvalue weighted by Crippen LogP contribution is -2.17. The molecular weight excluding hydrogens is 503 g/mol. The number of aromatic nitrogens is 6. The van der Waals surface area contributed by atoms with Crippen molar-refractivity contribution in [3.63, 3.8) is 0 Å². The molecular formula is C21H19BrF3N7O. The third-order valence-electron chi connectivity index (χ3n) is 5.44. The van der Waals surface area contributed by atoms with Gasteiger partial charge in [0, 0.05) is 34.4 Å². The quantitative estimate of drug-likeness (QED) is 0.424. The highest BCUT2D eigenvalue weighted by atomic mass is 79.9. The first-order chi connectivity index (χ1) is 15.5. The van der Waals surface area contributed by atoms with E-state index in [4.69, 9.17) is 0 Å². The van der Waals surface area contributed by atoms with Gasteiger partial charge >= 0.3 is 6.18 Å². The van der Waals surface area contributed by atoms with Crippen LogP contribution in [0.3, 0.4) is 0 Å². The standard InChI is InChI=1S/C21H19BrF3N7O/c1-10-18(12(3)32(30-10)9-13-7-27-31(4)11(13)2)29-20(33)16-6-17(21(23,24)25)28-19-15(16)5-14(22)8-26-19/h5-8H,9H2,1-4H3,(H,29,33). The SMILES string of the molecule is Cc1nn(Cc2cnn(C)c2C)c(C)c1NC(=O)c1cc(C(F)(F)F)nc2ncc(Br)cc12. The average Bonchev–Trinajstić information content (AvgIpc) is 3.20. The Kier molecular flexibility index (Phi) is 5.72. The molecule has 4 heterocycles. The lowest BCUT2D eigenvalue weighted by atomic mass is 10.1. The zero-order valence-electron chi connectivity index (χ0n) is 18.1. The number of halogens is 4. The number of carbonyl (C=O) groups is 1. The fourth-order valence-electron chi connectivity index (χ4n) is 3.49. The molecule has 0 aromatic carbocycles. The minimum absolute atomic E-state index is 0.172. The van der Waals surface area contributed by atoms with Crippen LogP contribution in [0, 0.1) is 20.8 Å². The lowest BCUT2D eigenvalue weighted by molar-refractivity contribution is -0.141. The van der Waals surface area contributed by atoms with Crippen LogP contribution >= 0.6 is 15.9 Å². The van der Waals surface area contributed by atoms with Gasteiger partial charge in [-0.3, -0.25) is 14.2 Å². The van der Waals surface area contributed by atoms with Gasteiger partial charge in [-0.2, -0.15) is 23.4 Å². The number of rotatable bonds is 4. The smallest absolute Gasteiger partial charge is 0.319 e. The van der Waals surface area contributed by atoms with Crippen LogP contribution in [0.1, 0.15) is 38.7 Å². The summed E-state index contributed by atoms with van der Waals surface area (Å²) in [4.78, 5) is 20.7. The van der Waals surface area contributed by atoms with Crippen molar-refractivity contribution >= 4 is 38.6 Å². The molecule has 8 nitrogen and oxygen atoms in total. The summed E-state index contributed by atoms with van der Waals surface area (Å²) in [5.41, 5.74) is 2.04. The molecule has 4 aromatic rings. The molecule has 4 rings (SSSR count). The Labute approximate surface area is 195 Å². The van der Waals surface area contributed by atoms with Gasteiger partial charge in [0.2, 0.25) is 0 Å². The zero-order chi connectivity index (χ0) is 24.1. The van der Waals surface area contributed by atoms with Gasteiger partial charge in [-0.25, -0.2) is 9.97 Å². The molecule has 0 atom stereocenters. The Morgan fingerprint density at radius 2 is 1.88 bits per heavy atom. The van der Waals surface area contributed by atoms with E-state index in [1.54, 1.807) is 29.4 Å². The fraction of sp³-hybridized carbons (Fsp3) is 0.286. The number of aryl methyl sites for hydroxylation is 2. The number of amides is 1. The Hall–Kier alpha value is -3.28. The second kappa shape index (κ2) is 8.25. The first kappa shape index (κ1) is 22.9. The highest BCUT2D eigenvalue weighted by molar-refractivity contribution is 9.10. The maximum Gasteiger partial charge on any atom is 0.433 e. The van der Waals surface area contributed by atoms with Crippen molar-refractivity contribution < 1.29 is 18.0 Å². The van der Waals surface area contributed by atoms with Crippen molar-refractivity contribution in [2.45, 2.75) is 33.5 Å². The van der Waals surface area contributed by atoms with Crippen LogP contribution in [0.5, 0.6) is 0 Å². The van der Waals surface area contributed by atoms with Crippen molar-refractivity contribution in [1.82, 2.24) is 29.5 Å². The van der Waals surface area contributed by atoms with Crippen molar-refractivity contribution in [1.29, 1.82) is 0 Å². The second-order valence-electron chi connectivity index (χ2n) is 7.61. The molecule has 0 spiro atoms. The first-order valence-electron chi connectivity index (χ1n) is 9.82. The maximum atomic E-state index is 13.4. The van der Waals surface area contributed by atoms with Crippen LogP contribution in [0.4, 0.5) is 18.9 Å². The predicted molar refractivity (Wildman–Crippen MR) is 119 cm³/mol.